The molecule has 3 nitrogen and oxygen atoms in total. The van der Waals surface area contributed by atoms with E-state index >= 15 is 0 Å². The monoisotopic (exact) mass is 236 g/mol. The molecule has 17 heavy (non-hydrogen) atoms. The summed E-state index contributed by atoms with van der Waals surface area (Å²) in [4.78, 5) is 0. The van der Waals surface area contributed by atoms with E-state index in [0.717, 1.165) is 29.9 Å². The second-order valence-electron chi connectivity index (χ2n) is 4.60. The van der Waals surface area contributed by atoms with Crippen molar-refractivity contribution in [3.63, 3.8) is 0 Å². The molecule has 1 aliphatic rings. The molecule has 1 aromatic carbocycles. The highest BCUT2D eigenvalue weighted by molar-refractivity contribution is 5.42. The highest BCUT2D eigenvalue weighted by Crippen LogP contribution is 2.32. The van der Waals surface area contributed by atoms with Gasteiger partial charge >= 0.3 is 0 Å². The zero-order valence-electron chi connectivity index (χ0n) is 10.5. The Balaban J connectivity index is 2.21. The Morgan fingerprint density at radius 2 is 2.00 bits per heavy atom. The van der Waals surface area contributed by atoms with Crippen molar-refractivity contribution in [2.75, 3.05) is 7.11 Å². The van der Waals surface area contributed by atoms with Crippen molar-refractivity contribution >= 4 is 0 Å². The van der Waals surface area contributed by atoms with Crippen LogP contribution in [0.3, 0.4) is 0 Å². The predicted molar refractivity (Wildman–Crippen MR) is 66.5 cm³/mol. The van der Waals surface area contributed by atoms with Crippen molar-refractivity contribution < 1.29 is 14.6 Å². The minimum atomic E-state index is -0.516. The van der Waals surface area contributed by atoms with Crippen LogP contribution in [0.5, 0.6) is 11.5 Å². The molecule has 2 rings (SSSR count). The second kappa shape index (κ2) is 5.41. The van der Waals surface area contributed by atoms with Crippen LogP contribution in [0, 0.1) is 0 Å². The van der Waals surface area contributed by atoms with Crippen LogP contribution in [0.4, 0.5) is 0 Å². The fourth-order valence-corrected chi connectivity index (χ4v) is 2.27. The number of hydrogen-bond donors (Lipinski definition) is 1. The fourth-order valence-electron chi connectivity index (χ4n) is 2.27. The number of aliphatic hydroxyl groups is 1. The normalized spacial score (nSPS) is 18.1. The molecule has 0 radical (unpaired) electrons. The summed E-state index contributed by atoms with van der Waals surface area (Å²) in [5.74, 6) is 1.52. The maximum absolute atomic E-state index is 9.72. The van der Waals surface area contributed by atoms with Crippen LogP contribution in [-0.2, 0) is 0 Å². The third-order valence-corrected chi connectivity index (χ3v) is 3.27. The van der Waals surface area contributed by atoms with Gasteiger partial charge in [0.05, 0.1) is 19.3 Å². The summed E-state index contributed by atoms with van der Waals surface area (Å²) in [5, 5.41) is 9.72. The summed E-state index contributed by atoms with van der Waals surface area (Å²) in [5.41, 5.74) is 0.831. The zero-order valence-corrected chi connectivity index (χ0v) is 10.5. The van der Waals surface area contributed by atoms with E-state index in [1.54, 1.807) is 14.0 Å². The second-order valence-corrected chi connectivity index (χ2v) is 4.60. The van der Waals surface area contributed by atoms with Crippen molar-refractivity contribution in [3.8, 4) is 11.5 Å². The molecule has 1 aliphatic carbocycles. The van der Waals surface area contributed by atoms with Gasteiger partial charge in [-0.05, 0) is 44.7 Å². The first-order chi connectivity index (χ1) is 8.20. The van der Waals surface area contributed by atoms with Crippen LogP contribution in [0.15, 0.2) is 18.2 Å². The number of benzene rings is 1. The summed E-state index contributed by atoms with van der Waals surface area (Å²) in [7, 11) is 1.64. The Hall–Kier alpha value is -1.22. The molecule has 1 aromatic rings. The lowest BCUT2D eigenvalue weighted by molar-refractivity contribution is 0.173. The Kier molecular flexibility index (Phi) is 3.89. The van der Waals surface area contributed by atoms with Crippen molar-refractivity contribution in [1.29, 1.82) is 0 Å². The van der Waals surface area contributed by atoms with Gasteiger partial charge in [0.15, 0.2) is 0 Å². The standard InChI is InChI=1S/C14H20O3/c1-10(15)13-8-7-12(16-2)9-14(13)17-11-5-3-4-6-11/h7-11,15H,3-6H2,1-2H3/t10-/m0/s1. The van der Waals surface area contributed by atoms with Gasteiger partial charge in [-0.1, -0.05) is 0 Å². The van der Waals surface area contributed by atoms with Gasteiger partial charge in [0.1, 0.15) is 11.5 Å². The van der Waals surface area contributed by atoms with E-state index in [1.807, 2.05) is 18.2 Å². The SMILES string of the molecule is COc1ccc([C@H](C)O)c(OC2CCCC2)c1. The molecule has 1 atom stereocenters. The molecule has 0 heterocycles. The van der Waals surface area contributed by atoms with E-state index in [4.69, 9.17) is 9.47 Å². The van der Waals surface area contributed by atoms with Crippen LogP contribution >= 0.6 is 0 Å². The first-order valence-corrected chi connectivity index (χ1v) is 6.23. The lowest BCUT2D eigenvalue weighted by atomic mass is 10.1. The number of aliphatic hydroxyl groups excluding tert-OH is 1. The third kappa shape index (κ3) is 2.91. The maximum atomic E-state index is 9.72. The van der Waals surface area contributed by atoms with Gasteiger partial charge in [0, 0.05) is 11.6 Å². The molecule has 0 bridgehead atoms. The number of methoxy groups -OCH3 is 1. The van der Waals surface area contributed by atoms with E-state index in [9.17, 15) is 5.11 Å². The molecule has 0 spiro atoms. The van der Waals surface area contributed by atoms with Crippen molar-refractivity contribution in [2.45, 2.75) is 44.8 Å². The van der Waals surface area contributed by atoms with Gasteiger partial charge in [-0.3, -0.25) is 0 Å². The molecule has 3 heteroatoms. The molecule has 1 fully saturated rings. The van der Waals surface area contributed by atoms with E-state index in [2.05, 4.69) is 0 Å². The predicted octanol–water partition coefficient (Wildman–Crippen LogP) is 3.07. The molecular formula is C14H20O3. The van der Waals surface area contributed by atoms with E-state index in [-0.39, 0.29) is 0 Å². The lowest BCUT2D eigenvalue weighted by Gasteiger charge is -2.18. The van der Waals surface area contributed by atoms with Crippen LogP contribution < -0.4 is 9.47 Å². The van der Waals surface area contributed by atoms with Crippen LogP contribution in [-0.4, -0.2) is 18.3 Å². The molecule has 0 amide bonds. The highest BCUT2D eigenvalue weighted by atomic mass is 16.5. The molecule has 0 aromatic heterocycles. The van der Waals surface area contributed by atoms with E-state index < -0.39 is 6.10 Å². The van der Waals surface area contributed by atoms with Gasteiger partial charge in [0.25, 0.3) is 0 Å². The number of hydrogen-bond acceptors (Lipinski definition) is 3. The Morgan fingerprint density at radius 3 is 2.59 bits per heavy atom. The Morgan fingerprint density at radius 1 is 1.29 bits per heavy atom. The van der Waals surface area contributed by atoms with Crippen LogP contribution in [0.1, 0.15) is 44.3 Å². The maximum Gasteiger partial charge on any atom is 0.129 e. The lowest BCUT2D eigenvalue weighted by Crippen LogP contribution is -2.12. The van der Waals surface area contributed by atoms with E-state index in [0.29, 0.717) is 6.10 Å². The summed E-state index contributed by atoms with van der Waals surface area (Å²) in [6.45, 7) is 1.75. The quantitative estimate of drug-likeness (QED) is 0.873. The first kappa shape index (κ1) is 12.2. The largest absolute Gasteiger partial charge is 0.497 e. The minimum Gasteiger partial charge on any atom is -0.497 e. The van der Waals surface area contributed by atoms with Crippen LogP contribution in [0.2, 0.25) is 0 Å². The Bertz CT molecular complexity index is 368. The van der Waals surface area contributed by atoms with Gasteiger partial charge in [-0.25, -0.2) is 0 Å². The molecule has 1 saturated carbocycles. The third-order valence-electron chi connectivity index (χ3n) is 3.27. The summed E-state index contributed by atoms with van der Waals surface area (Å²) in [6.07, 6.45) is 4.46. The summed E-state index contributed by atoms with van der Waals surface area (Å²) < 4.78 is 11.2. The van der Waals surface area contributed by atoms with Gasteiger partial charge < -0.3 is 14.6 Å². The topological polar surface area (TPSA) is 38.7 Å². The average Bonchev–Trinajstić information content (AvgIpc) is 2.81. The zero-order chi connectivity index (χ0) is 12.3. The molecule has 1 N–H and O–H groups in total. The van der Waals surface area contributed by atoms with Crippen LogP contribution in [0.25, 0.3) is 0 Å². The Labute approximate surface area is 102 Å². The van der Waals surface area contributed by atoms with Gasteiger partial charge in [-0.15, -0.1) is 0 Å². The summed E-state index contributed by atoms with van der Waals surface area (Å²) in [6, 6.07) is 5.58. The number of ether oxygens (including phenoxy) is 2. The van der Waals surface area contributed by atoms with Gasteiger partial charge in [0.2, 0.25) is 0 Å². The smallest absolute Gasteiger partial charge is 0.129 e. The van der Waals surface area contributed by atoms with E-state index in [1.165, 1.54) is 12.8 Å². The van der Waals surface area contributed by atoms with Crippen molar-refractivity contribution in [2.24, 2.45) is 0 Å². The van der Waals surface area contributed by atoms with Crippen molar-refractivity contribution in [3.05, 3.63) is 23.8 Å². The summed E-state index contributed by atoms with van der Waals surface area (Å²) >= 11 is 0. The first-order valence-electron chi connectivity index (χ1n) is 6.23. The molecule has 0 unspecified atom stereocenters. The van der Waals surface area contributed by atoms with Crippen molar-refractivity contribution in [1.82, 2.24) is 0 Å². The number of rotatable bonds is 4. The molecular weight excluding hydrogens is 216 g/mol. The average molecular weight is 236 g/mol. The fraction of sp³-hybridized carbons (Fsp3) is 0.571. The van der Waals surface area contributed by atoms with Gasteiger partial charge in [-0.2, -0.15) is 0 Å². The highest BCUT2D eigenvalue weighted by Gasteiger charge is 2.19. The minimum absolute atomic E-state index is 0.291. The molecule has 0 saturated heterocycles. The molecule has 0 aliphatic heterocycles. The molecule has 94 valence electrons.